The van der Waals surface area contributed by atoms with E-state index >= 15 is 0 Å². The summed E-state index contributed by atoms with van der Waals surface area (Å²) in [5.74, 6) is 0.701. The van der Waals surface area contributed by atoms with Crippen molar-refractivity contribution in [2.75, 3.05) is 37.4 Å². The van der Waals surface area contributed by atoms with Gasteiger partial charge in [0.2, 0.25) is 0 Å². The molecule has 1 saturated heterocycles. The molecule has 1 atom stereocenters. The molecule has 1 aliphatic heterocycles. The van der Waals surface area contributed by atoms with Crippen molar-refractivity contribution in [2.45, 2.75) is 6.10 Å². The van der Waals surface area contributed by atoms with E-state index in [1.165, 1.54) is 0 Å². The zero-order valence-electron chi connectivity index (χ0n) is 8.48. The number of nitrogen functional groups attached to an aromatic ring is 1. The number of rotatable bonds is 3. The van der Waals surface area contributed by atoms with E-state index in [-0.39, 0.29) is 6.10 Å². The first-order valence-electron chi connectivity index (χ1n) is 5.00. The smallest absolute Gasteiger partial charge is 0.149 e. The second-order valence-corrected chi connectivity index (χ2v) is 3.39. The molecule has 1 aliphatic rings. The predicted molar refractivity (Wildman–Crippen MR) is 57.7 cm³/mol. The maximum absolute atomic E-state index is 5.74. The third-order valence-electron chi connectivity index (χ3n) is 2.22. The predicted octanol–water partition coefficient (Wildman–Crippen LogP) is 0.491. The second-order valence-electron chi connectivity index (χ2n) is 3.39. The summed E-state index contributed by atoms with van der Waals surface area (Å²) in [4.78, 5) is 4.13. The van der Waals surface area contributed by atoms with E-state index in [2.05, 4.69) is 10.3 Å². The largest absolute Gasteiger partial charge is 0.396 e. The number of hydrogen-bond donors (Lipinski definition) is 2. The fourth-order valence-electron chi connectivity index (χ4n) is 1.43. The number of nitrogens with zero attached hydrogens (tertiary/aromatic N) is 1. The Morgan fingerprint density at radius 3 is 3.20 bits per heavy atom. The van der Waals surface area contributed by atoms with E-state index in [1.807, 2.05) is 6.07 Å². The molecule has 82 valence electrons. The van der Waals surface area contributed by atoms with Crippen LogP contribution in [0.25, 0.3) is 0 Å². The second kappa shape index (κ2) is 4.95. The van der Waals surface area contributed by atoms with Crippen LogP contribution in [0.3, 0.4) is 0 Å². The fraction of sp³-hybridized carbons (Fsp3) is 0.500. The maximum Gasteiger partial charge on any atom is 0.149 e. The van der Waals surface area contributed by atoms with Crippen LogP contribution in [0.2, 0.25) is 0 Å². The number of nitrogens with two attached hydrogens (primary N) is 1. The zero-order valence-corrected chi connectivity index (χ0v) is 8.48. The number of ether oxygens (including phenoxy) is 2. The Hall–Kier alpha value is -1.33. The van der Waals surface area contributed by atoms with E-state index in [4.69, 9.17) is 15.2 Å². The van der Waals surface area contributed by atoms with Gasteiger partial charge < -0.3 is 20.5 Å². The lowest BCUT2D eigenvalue weighted by Crippen LogP contribution is -2.34. The van der Waals surface area contributed by atoms with Gasteiger partial charge in [0.25, 0.3) is 0 Å². The Bertz CT molecular complexity index is 313. The highest BCUT2D eigenvalue weighted by atomic mass is 16.6. The van der Waals surface area contributed by atoms with Crippen LogP contribution in [0, 0.1) is 0 Å². The summed E-state index contributed by atoms with van der Waals surface area (Å²) in [6.45, 7) is 2.63. The highest BCUT2D eigenvalue weighted by Gasteiger charge is 2.14. The molecule has 0 aromatic carbocycles. The molecule has 0 aliphatic carbocycles. The van der Waals surface area contributed by atoms with E-state index in [1.54, 1.807) is 12.3 Å². The van der Waals surface area contributed by atoms with Crippen LogP contribution in [0.4, 0.5) is 11.5 Å². The van der Waals surface area contributed by atoms with Gasteiger partial charge in [-0.15, -0.1) is 0 Å². The Kier molecular flexibility index (Phi) is 3.37. The van der Waals surface area contributed by atoms with E-state index in [0.29, 0.717) is 37.9 Å². The van der Waals surface area contributed by atoms with Crippen molar-refractivity contribution in [1.82, 2.24) is 4.98 Å². The van der Waals surface area contributed by atoms with Crippen LogP contribution in [0.5, 0.6) is 0 Å². The molecule has 2 heterocycles. The summed E-state index contributed by atoms with van der Waals surface area (Å²) in [5.41, 5.74) is 6.39. The lowest BCUT2D eigenvalue weighted by Gasteiger charge is -2.23. The molecule has 0 amide bonds. The molecule has 15 heavy (non-hydrogen) atoms. The molecule has 1 fully saturated rings. The van der Waals surface area contributed by atoms with Gasteiger partial charge in [-0.1, -0.05) is 0 Å². The molecule has 5 nitrogen and oxygen atoms in total. The number of pyridine rings is 1. The Balaban J connectivity index is 1.84. The van der Waals surface area contributed by atoms with Crippen LogP contribution in [0.15, 0.2) is 18.3 Å². The van der Waals surface area contributed by atoms with Gasteiger partial charge in [0.1, 0.15) is 5.82 Å². The molecule has 3 N–H and O–H groups in total. The molecular formula is C10H15N3O2. The molecule has 0 bridgehead atoms. The molecule has 2 rings (SSSR count). The minimum absolute atomic E-state index is 0.0835. The third-order valence-corrected chi connectivity index (χ3v) is 2.22. The van der Waals surface area contributed by atoms with Gasteiger partial charge in [-0.05, 0) is 12.1 Å². The summed E-state index contributed by atoms with van der Waals surface area (Å²) in [6.07, 6.45) is 1.79. The lowest BCUT2D eigenvalue weighted by molar-refractivity contribution is -0.0819. The molecule has 0 radical (unpaired) electrons. The topological polar surface area (TPSA) is 69.4 Å². The van der Waals surface area contributed by atoms with Gasteiger partial charge in [0.05, 0.1) is 31.6 Å². The van der Waals surface area contributed by atoms with Crippen LogP contribution in [0.1, 0.15) is 0 Å². The van der Waals surface area contributed by atoms with Gasteiger partial charge in [-0.3, -0.25) is 0 Å². The minimum atomic E-state index is 0.0835. The van der Waals surface area contributed by atoms with Gasteiger partial charge in [0.15, 0.2) is 0 Å². The summed E-state index contributed by atoms with van der Waals surface area (Å²) < 4.78 is 10.8. The normalized spacial score (nSPS) is 21.2. The fourth-order valence-corrected chi connectivity index (χ4v) is 1.43. The van der Waals surface area contributed by atoms with Gasteiger partial charge >= 0.3 is 0 Å². The first-order chi connectivity index (χ1) is 7.36. The zero-order chi connectivity index (χ0) is 10.5. The summed E-state index contributed by atoms with van der Waals surface area (Å²) in [6, 6.07) is 3.62. The van der Waals surface area contributed by atoms with Crippen molar-refractivity contribution in [3.63, 3.8) is 0 Å². The van der Waals surface area contributed by atoms with Gasteiger partial charge in [-0.25, -0.2) is 4.98 Å². The van der Waals surface area contributed by atoms with E-state index in [9.17, 15) is 0 Å². The SMILES string of the molecule is Nc1cccnc1NCC1COCCO1. The minimum Gasteiger partial charge on any atom is -0.396 e. The Morgan fingerprint density at radius 1 is 1.53 bits per heavy atom. The molecule has 0 saturated carbocycles. The van der Waals surface area contributed by atoms with Crippen LogP contribution in [-0.4, -0.2) is 37.5 Å². The van der Waals surface area contributed by atoms with E-state index < -0.39 is 0 Å². The molecule has 1 aromatic rings. The van der Waals surface area contributed by atoms with Crippen molar-refractivity contribution in [1.29, 1.82) is 0 Å². The monoisotopic (exact) mass is 209 g/mol. The van der Waals surface area contributed by atoms with Crippen molar-refractivity contribution >= 4 is 11.5 Å². The van der Waals surface area contributed by atoms with Crippen LogP contribution >= 0.6 is 0 Å². The Morgan fingerprint density at radius 2 is 2.47 bits per heavy atom. The number of aromatic nitrogens is 1. The summed E-state index contributed by atoms with van der Waals surface area (Å²) >= 11 is 0. The highest BCUT2D eigenvalue weighted by Crippen LogP contribution is 2.13. The summed E-state index contributed by atoms with van der Waals surface area (Å²) in [7, 11) is 0. The lowest BCUT2D eigenvalue weighted by atomic mass is 10.3. The van der Waals surface area contributed by atoms with Gasteiger partial charge in [0, 0.05) is 12.7 Å². The Labute approximate surface area is 88.6 Å². The molecule has 1 unspecified atom stereocenters. The number of anilines is 2. The average Bonchev–Trinajstić information content (AvgIpc) is 2.29. The molecule has 1 aromatic heterocycles. The van der Waals surface area contributed by atoms with Crippen molar-refractivity contribution in [3.05, 3.63) is 18.3 Å². The van der Waals surface area contributed by atoms with Crippen molar-refractivity contribution in [3.8, 4) is 0 Å². The summed E-state index contributed by atoms with van der Waals surface area (Å²) in [5, 5.41) is 3.14. The molecular weight excluding hydrogens is 194 g/mol. The number of hydrogen-bond acceptors (Lipinski definition) is 5. The number of nitrogens with one attached hydrogen (secondary N) is 1. The van der Waals surface area contributed by atoms with Crippen molar-refractivity contribution < 1.29 is 9.47 Å². The first kappa shape index (κ1) is 10.2. The maximum atomic E-state index is 5.74. The molecule has 5 heteroatoms. The molecule has 0 spiro atoms. The highest BCUT2D eigenvalue weighted by molar-refractivity contribution is 5.60. The van der Waals surface area contributed by atoms with E-state index in [0.717, 1.165) is 0 Å². The first-order valence-corrected chi connectivity index (χ1v) is 5.00. The van der Waals surface area contributed by atoms with Crippen molar-refractivity contribution in [2.24, 2.45) is 0 Å². The van der Waals surface area contributed by atoms with Crippen LogP contribution in [-0.2, 0) is 9.47 Å². The van der Waals surface area contributed by atoms with Gasteiger partial charge in [-0.2, -0.15) is 0 Å². The standard InChI is InChI=1S/C10H15N3O2/c11-9-2-1-3-12-10(9)13-6-8-7-14-4-5-15-8/h1-3,8H,4-7,11H2,(H,12,13). The third kappa shape index (κ3) is 2.81. The average molecular weight is 209 g/mol. The quantitative estimate of drug-likeness (QED) is 0.758. The van der Waals surface area contributed by atoms with Crippen LogP contribution < -0.4 is 11.1 Å².